The minimum Gasteiger partial charge on any atom is -0.377 e. The second-order valence-corrected chi connectivity index (χ2v) is 5.64. The van der Waals surface area contributed by atoms with Gasteiger partial charge in [-0.2, -0.15) is 0 Å². The van der Waals surface area contributed by atoms with Gasteiger partial charge in [0.15, 0.2) is 0 Å². The van der Waals surface area contributed by atoms with Gasteiger partial charge in [-0.1, -0.05) is 20.8 Å². The first-order chi connectivity index (χ1) is 7.49. The van der Waals surface area contributed by atoms with Gasteiger partial charge in [0, 0.05) is 18.6 Å². The molecule has 1 saturated heterocycles. The molecule has 1 rings (SSSR count). The van der Waals surface area contributed by atoms with Crippen molar-refractivity contribution in [1.82, 2.24) is 10.2 Å². The molecule has 16 heavy (non-hydrogen) atoms. The van der Waals surface area contributed by atoms with Gasteiger partial charge in [-0.25, -0.2) is 0 Å². The summed E-state index contributed by atoms with van der Waals surface area (Å²) in [5.41, 5.74) is 0.202. The Labute approximate surface area is 101 Å². The molecule has 0 atom stereocenters. The summed E-state index contributed by atoms with van der Waals surface area (Å²) < 4.78 is 5.41. The first-order valence-electron chi connectivity index (χ1n) is 6.58. The normalized spacial score (nSPS) is 19.5. The van der Waals surface area contributed by atoms with Crippen LogP contribution in [0.1, 0.15) is 41.0 Å². The maximum absolute atomic E-state index is 5.41. The van der Waals surface area contributed by atoms with Crippen molar-refractivity contribution in [1.29, 1.82) is 0 Å². The van der Waals surface area contributed by atoms with E-state index >= 15 is 0 Å². The Balaban J connectivity index is 2.52. The second kappa shape index (κ2) is 5.99. The molecule has 3 heteroatoms. The Hall–Kier alpha value is -0.120. The van der Waals surface area contributed by atoms with Crippen molar-refractivity contribution in [3.05, 3.63) is 0 Å². The molecule has 0 aromatic rings. The predicted molar refractivity (Wildman–Crippen MR) is 68.8 cm³/mol. The van der Waals surface area contributed by atoms with E-state index in [-0.39, 0.29) is 5.54 Å². The average molecular weight is 228 g/mol. The zero-order valence-electron chi connectivity index (χ0n) is 11.5. The topological polar surface area (TPSA) is 24.5 Å². The van der Waals surface area contributed by atoms with E-state index in [1.165, 1.54) is 13.0 Å². The third-order valence-electron chi connectivity index (χ3n) is 3.10. The molecular formula is C13H28N2O. The van der Waals surface area contributed by atoms with Gasteiger partial charge in [-0.05, 0) is 26.8 Å². The fourth-order valence-corrected chi connectivity index (χ4v) is 2.38. The van der Waals surface area contributed by atoms with E-state index in [1.54, 1.807) is 0 Å². The maximum atomic E-state index is 5.41. The summed E-state index contributed by atoms with van der Waals surface area (Å²) in [6.45, 7) is 15.2. The summed E-state index contributed by atoms with van der Waals surface area (Å²) in [5.74, 6) is 0. The zero-order chi connectivity index (χ0) is 12.2. The SMILES string of the molecule is CCCN(CC1(NC(C)C)COC1)C(C)C. The number of rotatable bonds is 7. The summed E-state index contributed by atoms with van der Waals surface area (Å²) in [7, 11) is 0. The van der Waals surface area contributed by atoms with Gasteiger partial charge in [0.2, 0.25) is 0 Å². The fraction of sp³-hybridized carbons (Fsp3) is 1.00. The Kier molecular flexibility index (Phi) is 5.22. The summed E-state index contributed by atoms with van der Waals surface area (Å²) in [4.78, 5) is 2.55. The van der Waals surface area contributed by atoms with E-state index in [0.717, 1.165) is 19.8 Å². The van der Waals surface area contributed by atoms with E-state index in [2.05, 4.69) is 44.8 Å². The maximum Gasteiger partial charge on any atom is 0.0784 e. The second-order valence-electron chi connectivity index (χ2n) is 5.64. The lowest BCUT2D eigenvalue weighted by Crippen LogP contribution is -2.68. The van der Waals surface area contributed by atoms with E-state index in [0.29, 0.717) is 12.1 Å². The van der Waals surface area contributed by atoms with Crippen molar-refractivity contribution in [2.45, 2.75) is 58.7 Å². The average Bonchev–Trinajstić information content (AvgIpc) is 2.12. The third kappa shape index (κ3) is 3.72. The summed E-state index contributed by atoms with van der Waals surface area (Å²) in [5, 5.41) is 3.67. The van der Waals surface area contributed by atoms with Crippen LogP contribution in [-0.4, -0.2) is 48.8 Å². The number of hydrogen-bond donors (Lipinski definition) is 1. The van der Waals surface area contributed by atoms with Crippen molar-refractivity contribution in [3.63, 3.8) is 0 Å². The molecule has 1 fully saturated rings. The van der Waals surface area contributed by atoms with Crippen molar-refractivity contribution >= 4 is 0 Å². The van der Waals surface area contributed by atoms with Crippen molar-refractivity contribution in [2.75, 3.05) is 26.3 Å². The van der Waals surface area contributed by atoms with E-state index in [4.69, 9.17) is 4.74 Å². The molecule has 0 spiro atoms. The highest BCUT2D eigenvalue weighted by atomic mass is 16.5. The number of hydrogen-bond acceptors (Lipinski definition) is 3. The van der Waals surface area contributed by atoms with Gasteiger partial charge < -0.3 is 10.1 Å². The molecular weight excluding hydrogens is 200 g/mol. The van der Waals surface area contributed by atoms with E-state index in [1.807, 2.05) is 0 Å². The van der Waals surface area contributed by atoms with Crippen LogP contribution < -0.4 is 5.32 Å². The van der Waals surface area contributed by atoms with Crippen LogP contribution in [0.15, 0.2) is 0 Å². The molecule has 1 aliphatic rings. The highest BCUT2D eigenvalue weighted by Crippen LogP contribution is 2.20. The molecule has 0 aromatic carbocycles. The molecule has 0 radical (unpaired) electrons. The molecule has 1 aliphatic heterocycles. The molecule has 1 heterocycles. The smallest absolute Gasteiger partial charge is 0.0784 e. The molecule has 0 amide bonds. The van der Waals surface area contributed by atoms with Crippen LogP contribution in [0, 0.1) is 0 Å². The van der Waals surface area contributed by atoms with Gasteiger partial charge in [0.05, 0.1) is 18.8 Å². The van der Waals surface area contributed by atoms with Gasteiger partial charge >= 0.3 is 0 Å². The van der Waals surface area contributed by atoms with Crippen molar-refractivity contribution < 1.29 is 4.74 Å². The summed E-state index contributed by atoms with van der Waals surface area (Å²) >= 11 is 0. The molecule has 3 nitrogen and oxygen atoms in total. The van der Waals surface area contributed by atoms with Gasteiger partial charge in [0.25, 0.3) is 0 Å². The quantitative estimate of drug-likeness (QED) is 0.720. The first-order valence-corrected chi connectivity index (χ1v) is 6.58. The highest BCUT2D eigenvalue weighted by molar-refractivity contribution is 4.98. The molecule has 0 aromatic heterocycles. The van der Waals surface area contributed by atoms with Crippen LogP contribution in [0.25, 0.3) is 0 Å². The van der Waals surface area contributed by atoms with Crippen LogP contribution in [0.4, 0.5) is 0 Å². The molecule has 0 aliphatic carbocycles. The van der Waals surface area contributed by atoms with Gasteiger partial charge in [-0.15, -0.1) is 0 Å². The van der Waals surface area contributed by atoms with Crippen molar-refractivity contribution in [2.24, 2.45) is 0 Å². The minimum atomic E-state index is 0.202. The molecule has 0 saturated carbocycles. The first kappa shape index (κ1) is 13.9. The van der Waals surface area contributed by atoms with Crippen LogP contribution in [0.3, 0.4) is 0 Å². The van der Waals surface area contributed by atoms with E-state index < -0.39 is 0 Å². The highest BCUT2D eigenvalue weighted by Gasteiger charge is 2.40. The van der Waals surface area contributed by atoms with Gasteiger partial charge in [-0.3, -0.25) is 4.90 Å². The minimum absolute atomic E-state index is 0.202. The largest absolute Gasteiger partial charge is 0.377 e. The van der Waals surface area contributed by atoms with Crippen LogP contribution in [0.5, 0.6) is 0 Å². The Morgan fingerprint density at radius 3 is 2.19 bits per heavy atom. The molecule has 96 valence electrons. The van der Waals surface area contributed by atoms with Crippen LogP contribution in [0.2, 0.25) is 0 Å². The number of ether oxygens (including phenoxy) is 1. The molecule has 1 N–H and O–H groups in total. The standard InChI is InChI=1S/C13H28N2O/c1-6-7-15(12(4)5)8-13(9-16-10-13)14-11(2)3/h11-12,14H,6-10H2,1-5H3. The van der Waals surface area contributed by atoms with Crippen LogP contribution >= 0.6 is 0 Å². The monoisotopic (exact) mass is 228 g/mol. The Bertz CT molecular complexity index is 200. The van der Waals surface area contributed by atoms with Crippen molar-refractivity contribution in [3.8, 4) is 0 Å². The number of nitrogens with one attached hydrogen (secondary N) is 1. The Morgan fingerprint density at radius 1 is 1.25 bits per heavy atom. The predicted octanol–water partition coefficient (Wildman–Crippen LogP) is 1.87. The molecule has 0 bridgehead atoms. The lowest BCUT2D eigenvalue weighted by molar-refractivity contribution is -0.0943. The Morgan fingerprint density at radius 2 is 1.88 bits per heavy atom. The number of nitrogens with zero attached hydrogens (tertiary/aromatic N) is 1. The van der Waals surface area contributed by atoms with Crippen LogP contribution in [-0.2, 0) is 4.74 Å². The summed E-state index contributed by atoms with van der Waals surface area (Å²) in [6.07, 6.45) is 1.22. The summed E-state index contributed by atoms with van der Waals surface area (Å²) in [6, 6.07) is 1.14. The van der Waals surface area contributed by atoms with Gasteiger partial charge in [0.1, 0.15) is 0 Å². The lowest BCUT2D eigenvalue weighted by Gasteiger charge is -2.47. The lowest BCUT2D eigenvalue weighted by atomic mass is 9.94. The third-order valence-corrected chi connectivity index (χ3v) is 3.10. The molecule has 0 unspecified atom stereocenters. The fourth-order valence-electron chi connectivity index (χ4n) is 2.38. The zero-order valence-corrected chi connectivity index (χ0v) is 11.5. The van der Waals surface area contributed by atoms with E-state index in [9.17, 15) is 0 Å².